The molecule has 2 aromatic carbocycles. The molecule has 3 rings (SSSR count). The summed E-state index contributed by atoms with van der Waals surface area (Å²) in [7, 11) is 1.59. The van der Waals surface area contributed by atoms with Crippen LogP contribution in [0.2, 0.25) is 5.02 Å². The summed E-state index contributed by atoms with van der Waals surface area (Å²) in [6.07, 6.45) is -0.978. The van der Waals surface area contributed by atoms with Crippen molar-refractivity contribution in [3.63, 3.8) is 0 Å². The smallest absolute Gasteiger partial charge is 0.325 e. The molecule has 2 amide bonds. The number of carbonyl (C=O) groups is 1. The third-order valence-electron chi connectivity index (χ3n) is 5.23. The summed E-state index contributed by atoms with van der Waals surface area (Å²) >= 11 is 6.05. The first-order valence-corrected chi connectivity index (χ1v) is 10.0. The highest BCUT2D eigenvalue weighted by molar-refractivity contribution is 6.30. The molecule has 0 N–H and O–H groups in total. The van der Waals surface area contributed by atoms with Gasteiger partial charge < -0.3 is 9.64 Å². The molecule has 7 heteroatoms. The average Bonchev–Trinajstić information content (AvgIpc) is 2.71. The molecule has 0 aromatic heterocycles. The molecule has 2 aromatic rings. The maximum atomic E-state index is 13.5. The molecule has 1 aliphatic heterocycles. The van der Waals surface area contributed by atoms with E-state index >= 15 is 0 Å². The molecule has 0 aliphatic carbocycles. The van der Waals surface area contributed by atoms with Crippen LogP contribution in [0.3, 0.4) is 0 Å². The maximum Gasteiger partial charge on any atom is 0.325 e. The van der Waals surface area contributed by atoms with E-state index in [-0.39, 0.29) is 12.0 Å². The van der Waals surface area contributed by atoms with Crippen molar-refractivity contribution in [3.05, 3.63) is 59.1 Å². The maximum absolute atomic E-state index is 13.5. The van der Waals surface area contributed by atoms with Gasteiger partial charge >= 0.3 is 6.03 Å². The van der Waals surface area contributed by atoms with Crippen molar-refractivity contribution in [3.8, 4) is 5.75 Å². The molecule has 1 fully saturated rings. The van der Waals surface area contributed by atoms with Gasteiger partial charge in [-0.05, 0) is 43.0 Å². The third kappa shape index (κ3) is 4.99. The fraction of sp³-hybridized carbons (Fsp3) is 0.409. The summed E-state index contributed by atoms with van der Waals surface area (Å²) < 4.78 is 32.2. The van der Waals surface area contributed by atoms with E-state index in [2.05, 4.69) is 6.92 Å². The SMILES string of the molecule is COc1ccccc1C1CCC(C)CN1C(=O)N(CC(F)F)c1cccc(Cl)c1. The van der Waals surface area contributed by atoms with Crippen molar-refractivity contribution in [2.24, 2.45) is 5.92 Å². The van der Waals surface area contributed by atoms with E-state index in [1.54, 1.807) is 30.2 Å². The van der Waals surface area contributed by atoms with Crippen LogP contribution in [0.15, 0.2) is 48.5 Å². The van der Waals surface area contributed by atoms with E-state index in [4.69, 9.17) is 16.3 Å². The van der Waals surface area contributed by atoms with E-state index in [1.165, 1.54) is 6.07 Å². The fourth-order valence-electron chi connectivity index (χ4n) is 3.86. The lowest BCUT2D eigenvalue weighted by Gasteiger charge is -2.41. The Kier molecular flexibility index (Phi) is 6.96. The number of methoxy groups -OCH3 is 1. The number of ether oxygens (including phenoxy) is 1. The molecular formula is C22H25ClF2N2O2. The van der Waals surface area contributed by atoms with Crippen molar-refractivity contribution in [2.75, 3.05) is 25.1 Å². The second-order valence-corrected chi connectivity index (χ2v) is 7.79. The first-order chi connectivity index (χ1) is 13.9. The van der Waals surface area contributed by atoms with Crippen molar-refractivity contribution in [1.29, 1.82) is 0 Å². The zero-order valence-corrected chi connectivity index (χ0v) is 17.3. The van der Waals surface area contributed by atoms with E-state index in [0.29, 0.717) is 23.0 Å². The number of likely N-dealkylation sites (tertiary alicyclic amines) is 1. The predicted octanol–water partition coefficient (Wildman–Crippen LogP) is 6.01. The van der Waals surface area contributed by atoms with Gasteiger partial charge in [-0.1, -0.05) is 42.8 Å². The first kappa shape index (κ1) is 21.4. The minimum atomic E-state index is -2.66. The number of benzene rings is 2. The van der Waals surface area contributed by atoms with Gasteiger partial charge in [0.05, 0.1) is 19.7 Å². The van der Waals surface area contributed by atoms with E-state index < -0.39 is 19.0 Å². The molecule has 156 valence electrons. The topological polar surface area (TPSA) is 32.8 Å². The number of urea groups is 1. The zero-order chi connectivity index (χ0) is 21.0. The number of anilines is 1. The standard InChI is InChI=1S/C22H25ClF2N2O2/c1-15-10-11-19(18-8-3-4-9-20(18)29-2)27(13-15)22(28)26(14-21(24)25)17-7-5-6-16(23)12-17/h3-9,12,15,19,21H,10-11,13-14H2,1-2H3. The van der Waals surface area contributed by atoms with Crippen LogP contribution >= 0.6 is 11.6 Å². The number of alkyl halides is 2. The number of carbonyl (C=O) groups excluding carboxylic acids is 1. The first-order valence-electron chi connectivity index (χ1n) is 9.65. The van der Waals surface area contributed by atoms with Crippen molar-refractivity contribution >= 4 is 23.3 Å². The van der Waals surface area contributed by atoms with Crippen molar-refractivity contribution in [1.82, 2.24) is 4.90 Å². The highest BCUT2D eigenvalue weighted by Crippen LogP contribution is 2.38. The molecule has 29 heavy (non-hydrogen) atoms. The Morgan fingerprint density at radius 3 is 2.69 bits per heavy atom. The van der Waals surface area contributed by atoms with Crippen LogP contribution in [0.4, 0.5) is 19.3 Å². The number of nitrogens with zero attached hydrogens (tertiary/aromatic N) is 2. The minimum Gasteiger partial charge on any atom is -0.496 e. The highest BCUT2D eigenvalue weighted by Gasteiger charge is 2.36. The zero-order valence-electron chi connectivity index (χ0n) is 16.5. The molecular weight excluding hydrogens is 398 g/mol. The Hall–Kier alpha value is -2.34. The number of amides is 2. The van der Waals surface area contributed by atoms with Gasteiger partial charge in [0.2, 0.25) is 0 Å². The molecule has 2 unspecified atom stereocenters. The van der Waals surface area contributed by atoms with Gasteiger partial charge in [-0.25, -0.2) is 13.6 Å². The monoisotopic (exact) mass is 422 g/mol. The molecule has 0 saturated carbocycles. The molecule has 0 spiro atoms. The lowest BCUT2D eigenvalue weighted by molar-refractivity contribution is 0.122. The second-order valence-electron chi connectivity index (χ2n) is 7.36. The highest BCUT2D eigenvalue weighted by atomic mass is 35.5. The number of piperidine rings is 1. The van der Waals surface area contributed by atoms with E-state index in [9.17, 15) is 13.6 Å². The van der Waals surface area contributed by atoms with Crippen LogP contribution in [0.25, 0.3) is 0 Å². The van der Waals surface area contributed by atoms with Gasteiger partial charge in [-0.3, -0.25) is 4.90 Å². The van der Waals surface area contributed by atoms with Gasteiger partial charge in [0.15, 0.2) is 0 Å². The summed E-state index contributed by atoms with van der Waals surface area (Å²) in [5.74, 6) is 0.964. The van der Waals surface area contributed by atoms with Gasteiger partial charge in [-0.15, -0.1) is 0 Å². The van der Waals surface area contributed by atoms with Crippen LogP contribution < -0.4 is 9.64 Å². The van der Waals surface area contributed by atoms with Gasteiger partial charge in [0.1, 0.15) is 5.75 Å². The normalized spacial score (nSPS) is 19.3. The number of hydrogen-bond acceptors (Lipinski definition) is 2. The quantitative estimate of drug-likeness (QED) is 0.590. The number of halogens is 3. The Bertz CT molecular complexity index is 849. The average molecular weight is 423 g/mol. The molecule has 0 bridgehead atoms. The molecule has 1 aliphatic rings. The van der Waals surface area contributed by atoms with Crippen LogP contribution in [-0.4, -0.2) is 37.6 Å². The Labute approximate surface area is 175 Å². The Morgan fingerprint density at radius 2 is 2.00 bits per heavy atom. The van der Waals surface area contributed by atoms with Crippen LogP contribution in [0.5, 0.6) is 5.75 Å². The second kappa shape index (κ2) is 9.44. The van der Waals surface area contributed by atoms with E-state index in [0.717, 1.165) is 23.3 Å². The minimum absolute atomic E-state index is 0.241. The van der Waals surface area contributed by atoms with Gasteiger partial charge in [0.25, 0.3) is 6.43 Å². The molecule has 2 atom stereocenters. The Balaban J connectivity index is 1.98. The molecule has 4 nitrogen and oxygen atoms in total. The summed E-state index contributed by atoms with van der Waals surface area (Å²) in [4.78, 5) is 16.3. The molecule has 0 radical (unpaired) electrons. The van der Waals surface area contributed by atoms with Crippen molar-refractivity contribution < 1.29 is 18.3 Å². The number of rotatable bonds is 5. The third-order valence-corrected chi connectivity index (χ3v) is 5.47. The summed E-state index contributed by atoms with van der Waals surface area (Å²) in [6.45, 7) is 1.86. The van der Waals surface area contributed by atoms with E-state index in [1.807, 2.05) is 24.3 Å². The number of hydrogen-bond donors (Lipinski definition) is 0. The largest absolute Gasteiger partial charge is 0.496 e. The van der Waals surface area contributed by atoms with Crippen LogP contribution in [-0.2, 0) is 0 Å². The van der Waals surface area contributed by atoms with Crippen molar-refractivity contribution in [2.45, 2.75) is 32.2 Å². The predicted molar refractivity (Wildman–Crippen MR) is 111 cm³/mol. The van der Waals surface area contributed by atoms with Gasteiger partial charge in [-0.2, -0.15) is 0 Å². The number of para-hydroxylation sites is 1. The summed E-state index contributed by atoms with van der Waals surface area (Å²) in [6, 6.07) is 13.3. The fourth-order valence-corrected chi connectivity index (χ4v) is 4.04. The molecule has 1 saturated heterocycles. The van der Waals surface area contributed by atoms with Crippen LogP contribution in [0.1, 0.15) is 31.4 Å². The van der Waals surface area contributed by atoms with Crippen LogP contribution in [0, 0.1) is 5.92 Å². The lowest BCUT2D eigenvalue weighted by Crippen LogP contribution is -2.50. The lowest BCUT2D eigenvalue weighted by atomic mass is 9.89. The molecule has 1 heterocycles. The summed E-state index contributed by atoms with van der Waals surface area (Å²) in [5.41, 5.74) is 1.25. The van der Waals surface area contributed by atoms with Gasteiger partial charge in [0, 0.05) is 22.8 Å². The summed E-state index contributed by atoms with van der Waals surface area (Å²) in [5, 5.41) is 0.392. The Morgan fingerprint density at radius 1 is 1.24 bits per heavy atom.